The summed E-state index contributed by atoms with van der Waals surface area (Å²) in [5.41, 5.74) is 2.07. The van der Waals surface area contributed by atoms with E-state index in [1.165, 1.54) is 24.3 Å². The number of hydrogen-bond donors (Lipinski definition) is 2. The lowest BCUT2D eigenvalue weighted by atomic mass is 9.69. The first-order valence-electron chi connectivity index (χ1n) is 7.90. The van der Waals surface area contributed by atoms with E-state index in [4.69, 9.17) is 5.11 Å². The summed E-state index contributed by atoms with van der Waals surface area (Å²) < 4.78 is 13.0. The first kappa shape index (κ1) is 16.2. The molecule has 24 heavy (non-hydrogen) atoms. The minimum Gasteiger partial charge on any atom is -0.478 e. The number of carboxylic acid groups (broad SMARTS) is 1. The lowest BCUT2D eigenvalue weighted by Crippen LogP contribution is -2.39. The van der Waals surface area contributed by atoms with Crippen molar-refractivity contribution < 1.29 is 19.1 Å². The fourth-order valence-corrected chi connectivity index (χ4v) is 3.01. The van der Waals surface area contributed by atoms with E-state index in [1.54, 1.807) is 24.3 Å². The van der Waals surface area contributed by atoms with Crippen LogP contribution < -0.4 is 5.32 Å². The van der Waals surface area contributed by atoms with Crippen LogP contribution in [0.5, 0.6) is 0 Å². The first-order chi connectivity index (χ1) is 11.5. The maximum atomic E-state index is 13.0. The van der Waals surface area contributed by atoms with Crippen LogP contribution in [0.15, 0.2) is 48.5 Å². The molecule has 5 heteroatoms. The lowest BCUT2D eigenvalue weighted by molar-refractivity contribution is -0.128. The van der Waals surface area contributed by atoms with Gasteiger partial charge >= 0.3 is 5.97 Å². The standard InChI is InChI=1S/C19H18FNO3/c20-15-7-5-13(6-8-15)16-9-10-17(16)18(22)21-11-12-1-3-14(4-2-12)19(23)24/h1-8,16-17H,9-11H2,(H,21,22)(H,23,24). The van der Waals surface area contributed by atoms with Crippen molar-refractivity contribution in [2.75, 3.05) is 0 Å². The number of hydrogen-bond acceptors (Lipinski definition) is 2. The quantitative estimate of drug-likeness (QED) is 0.885. The van der Waals surface area contributed by atoms with Crippen LogP contribution in [-0.2, 0) is 11.3 Å². The molecule has 2 aromatic rings. The monoisotopic (exact) mass is 327 g/mol. The van der Waals surface area contributed by atoms with Crippen molar-refractivity contribution in [3.05, 3.63) is 71.0 Å². The Morgan fingerprint density at radius 3 is 2.25 bits per heavy atom. The number of rotatable bonds is 5. The highest BCUT2D eigenvalue weighted by molar-refractivity contribution is 5.87. The van der Waals surface area contributed by atoms with Gasteiger partial charge in [-0.25, -0.2) is 9.18 Å². The van der Waals surface area contributed by atoms with Crippen LogP contribution in [0.3, 0.4) is 0 Å². The van der Waals surface area contributed by atoms with Crippen LogP contribution in [0, 0.1) is 11.7 Å². The van der Waals surface area contributed by atoms with Gasteiger partial charge in [-0.1, -0.05) is 24.3 Å². The molecule has 0 heterocycles. The fraction of sp³-hybridized carbons (Fsp3) is 0.263. The summed E-state index contributed by atoms with van der Waals surface area (Å²) >= 11 is 0. The summed E-state index contributed by atoms with van der Waals surface area (Å²) in [5.74, 6) is -1.21. The molecule has 2 atom stereocenters. The second-order valence-electron chi connectivity index (χ2n) is 6.06. The van der Waals surface area contributed by atoms with Crippen LogP contribution in [0.25, 0.3) is 0 Å². The smallest absolute Gasteiger partial charge is 0.335 e. The number of halogens is 1. The van der Waals surface area contributed by atoms with Gasteiger partial charge in [0.2, 0.25) is 5.91 Å². The van der Waals surface area contributed by atoms with Gasteiger partial charge in [0.15, 0.2) is 0 Å². The third-order valence-corrected chi connectivity index (χ3v) is 4.58. The van der Waals surface area contributed by atoms with E-state index in [0.29, 0.717) is 6.54 Å². The minimum absolute atomic E-state index is 0.0158. The Hall–Kier alpha value is -2.69. The Morgan fingerprint density at radius 1 is 1.04 bits per heavy atom. The summed E-state index contributed by atoms with van der Waals surface area (Å²) in [5, 5.41) is 11.8. The number of carboxylic acids is 1. The molecule has 1 aliphatic rings. The van der Waals surface area contributed by atoms with Gasteiger partial charge in [0.1, 0.15) is 5.82 Å². The van der Waals surface area contributed by atoms with Crippen molar-refractivity contribution in [1.82, 2.24) is 5.32 Å². The highest BCUT2D eigenvalue weighted by Crippen LogP contribution is 2.42. The molecule has 4 nitrogen and oxygen atoms in total. The van der Waals surface area contributed by atoms with Gasteiger partial charge in [0.05, 0.1) is 5.56 Å². The Labute approximate surface area is 139 Å². The zero-order valence-corrected chi connectivity index (χ0v) is 13.0. The van der Waals surface area contributed by atoms with E-state index in [2.05, 4.69) is 5.32 Å². The van der Waals surface area contributed by atoms with E-state index in [0.717, 1.165) is 24.0 Å². The minimum atomic E-state index is -0.970. The molecule has 1 aliphatic carbocycles. The molecule has 0 aromatic heterocycles. The average Bonchev–Trinajstić information content (AvgIpc) is 2.54. The first-order valence-corrected chi connectivity index (χ1v) is 7.90. The summed E-state index contributed by atoms with van der Waals surface area (Å²) in [7, 11) is 0. The number of carbonyl (C=O) groups excluding carboxylic acids is 1. The van der Waals surface area contributed by atoms with Gasteiger partial charge in [-0.05, 0) is 54.2 Å². The second-order valence-corrected chi connectivity index (χ2v) is 6.06. The van der Waals surface area contributed by atoms with E-state index in [9.17, 15) is 14.0 Å². The van der Waals surface area contributed by atoms with E-state index >= 15 is 0 Å². The Kier molecular flexibility index (Phi) is 4.60. The zero-order valence-electron chi connectivity index (χ0n) is 13.0. The van der Waals surface area contributed by atoms with E-state index in [-0.39, 0.29) is 29.1 Å². The van der Waals surface area contributed by atoms with Crippen molar-refractivity contribution in [2.24, 2.45) is 5.92 Å². The molecule has 2 N–H and O–H groups in total. The molecule has 0 bridgehead atoms. The van der Waals surface area contributed by atoms with Crippen LogP contribution in [0.2, 0.25) is 0 Å². The summed E-state index contributed by atoms with van der Waals surface area (Å²) in [4.78, 5) is 23.2. The van der Waals surface area contributed by atoms with Gasteiger partial charge in [-0.2, -0.15) is 0 Å². The highest BCUT2D eigenvalue weighted by Gasteiger charge is 2.37. The second kappa shape index (κ2) is 6.83. The van der Waals surface area contributed by atoms with E-state index < -0.39 is 5.97 Å². The van der Waals surface area contributed by atoms with Crippen molar-refractivity contribution in [2.45, 2.75) is 25.3 Å². The summed E-state index contributed by atoms with van der Waals surface area (Å²) in [6.45, 7) is 0.366. The lowest BCUT2D eigenvalue weighted by Gasteiger charge is -2.35. The van der Waals surface area contributed by atoms with Crippen LogP contribution in [0.1, 0.15) is 40.2 Å². The van der Waals surface area contributed by atoms with Crippen LogP contribution in [-0.4, -0.2) is 17.0 Å². The topological polar surface area (TPSA) is 66.4 Å². The van der Waals surface area contributed by atoms with Gasteiger partial charge in [-0.15, -0.1) is 0 Å². The molecule has 0 spiro atoms. The highest BCUT2D eigenvalue weighted by atomic mass is 19.1. The Balaban J connectivity index is 1.57. The number of amides is 1. The maximum Gasteiger partial charge on any atom is 0.335 e. The number of aromatic carboxylic acids is 1. The SMILES string of the molecule is O=C(O)c1ccc(CNC(=O)C2CCC2c2ccc(F)cc2)cc1. The molecule has 2 unspecified atom stereocenters. The third kappa shape index (κ3) is 3.45. The Morgan fingerprint density at radius 2 is 1.71 bits per heavy atom. The molecular weight excluding hydrogens is 309 g/mol. The van der Waals surface area contributed by atoms with Gasteiger partial charge < -0.3 is 10.4 Å². The van der Waals surface area contributed by atoms with Gasteiger partial charge in [0, 0.05) is 12.5 Å². The van der Waals surface area contributed by atoms with Gasteiger partial charge in [0.25, 0.3) is 0 Å². The van der Waals surface area contributed by atoms with Crippen LogP contribution in [0.4, 0.5) is 4.39 Å². The number of nitrogens with one attached hydrogen (secondary N) is 1. The molecular formula is C19H18FNO3. The van der Waals surface area contributed by atoms with Crippen molar-refractivity contribution in [1.29, 1.82) is 0 Å². The average molecular weight is 327 g/mol. The summed E-state index contributed by atoms with van der Waals surface area (Å²) in [6, 6.07) is 12.8. The molecule has 0 aliphatic heterocycles. The van der Waals surface area contributed by atoms with Crippen LogP contribution >= 0.6 is 0 Å². The summed E-state index contributed by atoms with van der Waals surface area (Å²) in [6.07, 6.45) is 1.75. The Bertz CT molecular complexity index is 740. The predicted molar refractivity (Wildman–Crippen MR) is 87.1 cm³/mol. The number of benzene rings is 2. The molecule has 1 fully saturated rings. The van der Waals surface area contributed by atoms with Crippen molar-refractivity contribution in [3.63, 3.8) is 0 Å². The third-order valence-electron chi connectivity index (χ3n) is 4.58. The molecule has 0 saturated heterocycles. The fourth-order valence-electron chi connectivity index (χ4n) is 3.01. The normalized spacial score (nSPS) is 19.4. The van der Waals surface area contributed by atoms with Gasteiger partial charge in [-0.3, -0.25) is 4.79 Å². The maximum absolute atomic E-state index is 13.0. The predicted octanol–water partition coefficient (Wildman–Crippen LogP) is 3.33. The van der Waals surface area contributed by atoms with E-state index in [1.807, 2.05) is 0 Å². The molecule has 2 aromatic carbocycles. The molecule has 1 amide bonds. The van der Waals surface area contributed by atoms with Crippen molar-refractivity contribution >= 4 is 11.9 Å². The molecule has 1 saturated carbocycles. The molecule has 124 valence electrons. The van der Waals surface area contributed by atoms with Crippen molar-refractivity contribution in [3.8, 4) is 0 Å². The largest absolute Gasteiger partial charge is 0.478 e. The molecule has 3 rings (SSSR count). The zero-order chi connectivity index (χ0) is 17.1. The number of carbonyl (C=O) groups is 2. The molecule has 0 radical (unpaired) electrons.